The second-order valence-corrected chi connectivity index (χ2v) is 7.92. The smallest absolute Gasteiger partial charge is 0.326 e. The molecule has 0 N–H and O–H groups in total. The summed E-state index contributed by atoms with van der Waals surface area (Å²) in [6, 6.07) is 13.2. The molecule has 0 saturated heterocycles. The van der Waals surface area contributed by atoms with Gasteiger partial charge in [0.1, 0.15) is 11.2 Å². The molecule has 2 fully saturated rings. The highest BCUT2D eigenvalue weighted by Gasteiger charge is 2.78. The molecule has 2 aliphatic rings. The summed E-state index contributed by atoms with van der Waals surface area (Å²) in [4.78, 5) is 38.2. The van der Waals surface area contributed by atoms with Gasteiger partial charge < -0.3 is 4.74 Å². The first-order valence-electron chi connectivity index (χ1n) is 8.54. The number of ketones is 2. The van der Waals surface area contributed by atoms with E-state index in [-0.39, 0.29) is 0 Å². The average Bonchev–Trinajstić information content (AvgIpc) is 2.86. The SMILES string of the molecule is CC1(C)[C@]2(C(=O)Oc3ccc4ccccc4c3)CC[C@@]1(C)C(=O)C2=O. The summed E-state index contributed by atoms with van der Waals surface area (Å²) in [6.07, 6.45) is 0.908. The Labute approximate surface area is 146 Å². The van der Waals surface area contributed by atoms with Crippen molar-refractivity contribution < 1.29 is 19.1 Å². The third kappa shape index (κ3) is 1.74. The maximum atomic E-state index is 13.0. The summed E-state index contributed by atoms with van der Waals surface area (Å²) >= 11 is 0. The average molecular weight is 336 g/mol. The summed E-state index contributed by atoms with van der Waals surface area (Å²) in [5.41, 5.74) is -2.90. The molecule has 2 saturated carbocycles. The highest BCUT2D eigenvalue weighted by molar-refractivity contribution is 6.48. The molecule has 0 aliphatic heterocycles. The second kappa shape index (κ2) is 4.78. The number of ether oxygens (including phenoxy) is 1. The lowest BCUT2D eigenvalue weighted by molar-refractivity contribution is -0.157. The first-order valence-corrected chi connectivity index (χ1v) is 8.54. The van der Waals surface area contributed by atoms with Crippen LogP contribution < -0.4 is 4.74 Å². The molecule has 0 radical (unpaired) electrons. The van der Waals surface area contributed by atoms with Gasteiger partial charge in [-0.15, -0.1) is 0 Å². The largest absolute Gasteiger partial charge is 0.426 e. The maximum Gasteiger partial charge on any atom is 0.326 e. The number of benzene rings is 2. The minimum Gasteiger partial charge on any atom is -0.426 e. The summed E-state index contributed by atoms with van der Waals surface area (Å²) in [5.74, 6) is -1.22. The van der Waals surface area contributed by atoms with Crippen molar-refractivity contribution in [3.8, 4) is 5.75 Å². The van der Waals surface area contributed by atoms with Crippen LogP contribution in [0.15, 0.2) is 42.5 Å². The molecule has 2 aromatic rings. The molecule has 4 rings (SSSR count). The molecule has 0 spiro atoms. The zero-order valence-electron chi connectivity index (χ0n) is 14.6. The third-order valence-electron chi connectivity index (χ3n) is 6.82. The minimum atomic E-state index is -1.37. The molecule has 2 aliphatic carbocycles. The van der Waals surface area contributed by atoms with E-state index in [1.807, 2.05) is 44.2 Å². The van der Waals surface area contributed by atoms with Crippen LogP contribution in [0.2, 0.25) is 0 Å². The van der Waals surface area contributed by atoms with Crippen LogP contribution in [0, 0.1) is 16.2 Å². The number of hydrogen-bond acceptors (Lipinski definition) is 4. The van der Waals surface area contributed by atoms with Gasteiger partial charge in [-0.05, 0) is 35.7 Å². The Morgan fingerprint density at radius 1 is 0.920 bits per heavy atom. The Morgan fingerprint density at radius 3 is 2.24 bits per heavy atom. The standard InChI is InChI=1S/C21H20O4/c1-19(2)20(3)10-11-21(19,17(23)16(20)22)18(24)25-15-9-8-13-6-4-5-7-14(13)12-15/h4-9,12H,10-11H2,1-3H3/t20-,21+/m0/s1. The number of hydrogen-bond donors (Lipinski definition) is 0. The van der Waals surface area contributed by atoms with Crippen molar-refractivity contribution in [3.05, 3.63) is 42.5 Å². The lowest BCUT2D eigenvalue weighted by atomic mass is 9.65. The molecule has 4 nitrogen and oxygen atoms in total. The fourth-order valence-electron chi connectivity index (χ4n) is 4.65. The summed E-state index contributed by atoms with van der Waals surface area (Å²) in [5, 5.41) is 2.00. The van der Waals surface area contributed by atoms with Gasteiger partial charge in [-0.1, -0.05) is 51.1 Å². The normalized spacial score (nSPS) is 30.0. The van der Waals surface area contributed by atoms with E-state index in [2.05, 4.69) is 0 Å². The van der Waals surface area contributed by atoms with E-state index in [0.29, 0.717) is 18.6 Å². The van der Waals surface area contributed by atoms with Crippen molar-refractivity contribution in [1.82, 2.24) is 0 Å². The van der Waals surface area contributed by atoms with Crippen LogP contribution >= 0.6 is 0 Å². The fraction of sp³-hybridized carbons (Fsp3) is 0.381. The van der Waals surface area contributed by atoms with Crippen LogP contribution in [0.1, 0.15) is 33.6 Å². The summed E-state index contributed by atoms with van der Waals surface area (Å²) < 4.78 is 5.61. The minimum absolute atomic E-state index is 0.369. The van der Waals surface area contributed by atoms with Crippen LogP contribution in [0.3, 0.4) is 0 Å². The second-order valence-electron chi connectivity index (χ2n) is 7.92. The topological polar surface area (TPSA) is 60.4 Å². The van der Waals surface area contributed by atoms with E-state index in [1.54, 1.807) is 19.1 Å². The Balaban J connectivity index is 1.73. The van der Waals surface area contributed by atoms with Gasteiger partial charge in [0.2, 0.25) is 11.6 Å². The Hall–Kier alpha value is -2.49. The van der Waals surface area contributed by atoms with Crippen molar-refractivity contribution in [2.45, 2.75) is 33.6 Å². The number of Topliss-reactive ketones (excluding diaryl/α,β-unsaturated/α-hetero) is 2. The van der Waals surface area contributed by atoms with E-state index >= 15 is 0 Å². The number of carbonyl (C=O) groups excluding carboxylic acids is 3. The highest BCUT2D eigenvalue weighted by Crippen LogP contribution is 2.69. The van der Waals surface area contributed by atoms with Crippen molar-refractivity contribution in [2.75, 3.05) is 0 Å². The quantitative estimate of drug-likeness (QED) is 0.363. The van der Waals surface area contributed by atoms with Gasteiger partial charge >= 0.3 is 5.97 Å². The zero-order valence-corrected chi connectivity index (χ0v) is 14.6. The highest BCUT2D eigenvalue weighted by atomic mass is 16.5. The lowest BCUT2D eigenvalue weighted by Crippen LogP contribution is -2.47. The lowest BCUT2D eigenvalue weighted by Gasteiger charge is -2.36. The van der Waals surface area contributed by atoms with Crippen molar-refractivity contribution in [1.29, 1.82) is 0 Å². The monoisotopic (exact) mass is 336 g/mol. The molecule has 2 atom stereocenters. The molecular weight excluding hydrogens is 316 g/mol. The predicted octanol–water partition coefficient (Wildman–Crippen LogP) is 3.71. The number of carbonyl (C=O) groups is 3. The maximum absolute atomic E-state index is 13.0. The Morgan fingerprint density at radius 2 is 1.60 bits per heavy atom. The first-order chi connectivity index (χ1) is 11.7. The molecule has 128 valence electrons. The van der Waals surface area contributed by atoms with Crippen LogP contribution in [-0.2, 0) is 14.4 Å². The molecular formula is C21H20O4. The van der Waals surface area contributed by atoms with Gasteiger partial charge in [-0.25, -0.2) is 0 Å². The van der Waals surface area contributed by atoms with E-state index in [4.69, 9.17) is 4.74 Å². The molecule has 2 aromatic carbocycles. The molecule has 0 unspecified atom stereocenters. The summed E-state index contributed by atoms with van der Waals surface area (Å²) in [7, 11) is 0. The van der Waals surface area contributed by atoms with Crippen LogP contribution in [-0.4, -0.2) is 17.5 Å². The molecule has 0 heterocycles. The summed E-state index contributed by atoms with van der Waals surface area (Å²) in [6.45, 7) is 5.47. The number of fused-ring (bicyclic) bond motifs is 3. The van der Waals surface area contributed by atoms with E-state index < -0.39 is 33.8 Å². The Kier molecular flexibility index (Phi) is 3.06. The van der Waals surface area contributed by atoms with Gasteiger partial charge in [0.25, 0.3) is 0 Å². The van der Waals surface area contributed by atoms with Crippen LogP contribution in [0.4, 0.5) is 0 Å². The van der Waals surface area contributed by atoms with E-state index in [9.17, 15) is 14.4 Å². The van der Waals surface area contributed by atoms with Gasteiger partial charge in [-0.2, -0.15) is 0 Å². The molecule has 4 heteroatoms. The third-order valence-corrected chi connectivity index (χ3v) is 6.82. The van der Waals surface area contributed by atoms with Gasteiger partial charge in [0, 0.05) is 10.8 Å². The zero-order chi connectivity index (χ0) is 18.0. The van der Waals surface area contributed by atoms with Gasteiger partial charge in [0.15, 0.2) is 0 Å². The molecule has 25 heavy (non-hydrogen) atoms. The van der Waals surface area contributed by atoms with E-state index in [0.717, 1.165) is 10.8 Å². The fourth-order valence-corrected chi connectivity index (χ4v) is 4.65. The number of rotatable bonds is 2. The Bertz CT molecular complexity index is 942. The number of esters is 1. The molecule has 0 aromatic heterocycles. The van der Waals surface area contributed by atoms with Gasteiger partial charge in [-0.3, -0.25) is 14.4 Å². The molecule has 2 bridgehead atoms. The van der Waals surface area contributed by atoms with Crippen molar-refractivity contribution in [2.24, 2.45) is 16.2 Å². The first kappa shape index (κ1) is 16.0. The van der Waals surface area contributed by atoms with Gasteiger partial charge in [0.05, 0.1) is 0 Å². The van der Waals surface area contributed by atoms with Crippen molar-refractivity contribution >= 4 is 28.3 Å². The predicted molar refractivity (Wildman–Crippen MR) is 93.2 cm³/mol. The van der Waals surface area contributed by atoms with Crippen molar-refractivity contribution in [3.63, 3.8) is 0 Å². The van der Waals surface area contributed by atoms with E-state index in [1.165, 1.54) is 0 Å². The van der Waals surface area contributed by atoms with Crippen LogP contribution in [0.5, 0.6) is 5.75 Å². The van der Waals surface area contributed by atoms with Crippen LogP contribution in [0.25, 0.3) is 10.8 Å². The molecule has 0 amide bonds.